The molecule has 5 rings (SSSR count). The fourth-order valence-corrected chi connectivity index (χ4v) is 4.15. The summed E-state index contributed by atoms with van der Waals surface area (Å²) < 4.78 is 1.61. The van der Waals surface area contributed by atoms with Crippen LogP contribution in [0.3, 0.4) is 0 Å². The van der Waals surface area contributed by atoms with Gasteiger partial charge in [-0.2, -0.15) is 5.10 Å². The predicted molar refractivity (Wildman–Crippen MR) is 117 cm³/mol. The summed E-state index contributed by atoms with van der Waals surface area (Å²) in [6.45, 7) is 0. The Kier molecular flexibility index (Phi) is 4.32. The van der Waals surface area contributed by atoms with Crippen molar-refractivity contribution in [2.75, 3.05) is 10.6 Å². The Morgan fingerprint density at radius 3 is 2.60 bits per heavy atom. The molecule has 2 amide bonds. The number of hydrogen-bond acceptors (Lipinski definition) is 3. The van der Waals surface area contributed by atoms with E-state index in [0.717, 1.165) is 21.9 Å². The van der Waals surface area contributed by atoms with E-state index in [1.807, 2.05) is 72.8 Å². The fraction of sp³-hybridized carbons (Fsp3) is 0.125. The molecule has 30 heavy (non-hydrogen) atoms. The van der Waals surface area contributed by atoms with E-state index in [1.165, 1.54) is 0 Å². The highest BCUT2D eigenvalue weighted by molar-refractivity contribution is 6.13. The molecule has 0 radical (unpaired) electrons. The first-order valence-corrected chi connectivity index (χ1v) is 9.82. The summed E-state index contributed by atoms with van der Waals surface area (Å²) in [6, 6.07) is 23.3. The standard InChI is InChI=1S/C24H20N4O2/c1-28-23-21(19(14-20(29)25-23)16-8-3-2-4-9-16)22(27-28)26-24(30)18-13-7-11-15-10-5-6-12-17(15)18/h2-13,19H,14H2,1H3,(H,25,29)(H,26,27,30)/t19-/m1/s1. The SMILES string of the molecule is Cn1nc(NC(=O)c2cccc3ccccc23)c2c1NC(=O)C[C@@H]2c1ccccc1. The molecule has 0 fully saturated rings. The van der Waals surface area contributed by atoms with Crippen LogP contribution in [0.25, 0.3) is 10.8 Å². The molecular weight excluding hydrogens is 376 g/mol. The normalized spacial score (nSPS) is 15.5. The molecule has 6 heteroatoms. The lowest BCUT2D eigenvalue weighted by atomic mass is 9.86. The number of amides is 2. The van der Waals surface area contributed by atoms with Gasteiger partial charge in [0.15, 0.2) is 5.82 Å². The third-order valence-corrected chi connectivity index (χ3v) is 5.55. The van der Waals surface area contributed by atoms with Crippen molar-refractivity contribution < 1.29 is 9.59 Å². The van der Waals surface area contributed by atoms with Gasteiger partial charge < -0.3 is 10.6 Å². The van der Waals surface area contributed by atoms with Gasteiger partial charge in [0.2, 0.25) is 5.91 Å². The molecule has 0 bridgehead atoms. The summed E-state index contributed by atoms with van der Waals surface area (Å²) in [7, 11) is 1.76. The van der Waals surface area contributed by atoms with Gasteiger partial charge in [0, 0.05) is 30.5 Å². The van der Waals surface area contributed by atoms with E-state index in [1.54, 1.807) is 11.7 Å². The van der Waals surface area contributed by atoms with E-state index in [2.05, 4.69) is 15.7 Å². The largest absolute Gasteiger partial charge is 0.311 e. The Labute approximate surface area is 173 Å². The van der Waals surface area contributed by atoms with Crippen LogP contribution in [-0.2, 0) is 11.8 Å². The first kappa shape index (κ1) is 18.1. The van der Waals surface area contributed by atoms with Gasteiger partial charge in [0.05, 0.1) is 0 Å². The van der Waals surface area contributed by atoms with E-state index in [0.29, 0.717) is 23.6 Å². The minimum absolute atomic E-state index is 0.0636. The summed E-state index contributed by atoms with van der Waals surface area (Å²) in [5.41, 5.74) is 2.43. The van der Waals surface area contributed by atoms with E-state index in [4.69, 9.17) is 0 Å². The molecular formula is C24H20N4O2. The van der Waals surface area contributed by atoms with Crippen LogP contribution in [0, 0.1) is 0 Å². The number of carbonyl (C=O) groups excluding carboxylic acids is 2. The second-order valence-electron chi connectivity index (χ2n) is 7.43. The Morgan fingerprint density at radius 2 is 1.77 bits per heavy atom. The van der Waals surface area contributed by atoms with Crippen molar-refractivity contribution in [3.8, 4) is 0 Å². The summed E-state index contributed by atoms with van der Waals surface area (Å²) >= 11 is 0. The van der Waals surface area contributed by atoms with Crippen LogP contribution >= 0.6 is 0 Å². The molecule has 0 saturated heterocycles. The van der Waals surface area contributed by atoms with Crippen LogP contribution in [-0.4, -0.2) is 21.6 Å². The fourth-order valence-electron chi connectivity index (χ4n) is 4.15. The van der Waals surface area contributed by atoms with Gasteiger partial charge in [-0.15, -0.1) is 0 Å². The van der Waals surface area contributed by atoms with E-state index >= 15 is 0 Å². The van der Waals surface area contributed by atoms with Crippen molar-refractivity contribution in [1.82, 2.24) is 9.78 Å². The van der Waals surface area contributed by atoms with Gasteiger partial charge in [0.1, 0.15) is 5.82 Å². The number of aromatic nitrogens is 2. The zero-order chi connectivity index (χ0) is 20.7. The number of benzene rings is 3. The molecule has 0 unspecified atom stereocenters. The molecule has 3 aromatic carbocycles. The smallest absolute Gasteiger partial charge is 0.257 e. The van der Waals surface area contributed by atoms with E-state index in [9.17, 15) is 9.59 Å². The minimum atomic E-state index is -0.226. The van der Waals surface area contributed by atoms with Crippen molar-refractivity contribution in [3.05, 3.63) is 89.5 Å². The van der Waals surface area contributed by atoms with Crippen molar-refractivity contribution in [2.24, 2.45) is 7.05 Å². The number of nitrogens with zero attached hydrogens (tertiary/aromatic N) is 2. The number of hydrogen-bond donors (Lipinski definition) is 2. The van der Waals surface area contributed by atoms with Crippen molar-refractivity contribution in [1.29, 1.82) is 0 Å². The average molecular weight is 396 g/mol. The second-order valence-corrected chi connectivity index (χ2v) is 7.43. The summed E-state index contributed by atoms with van der Waals surface area (Å²) in [5.74, 6) is 0.627. The van der Waals surface area contributed by atoms with Crippen LogP contribution in [0.1, 0.15) is 33.8 Å². The Hall–Kier alpha value is -3.93. The van der Waals surface area contributed by atoms with E-state index in [-0.39, 0.29) is 17.7 Å². The Balaban J connectivity index is 1.57. The zero-order valence-corrected chi connectivity index (χ0v) is 16.4. The van der Waals surface area contributed by atoms with E-state index < -0.39 is 0 Å². The molecule has 1 aliphatic heterocycles. The van der Waals surface area contributed by atoms with Gasteiger partial charge in [-0.1, -0.05) is 66.7 Å². The quantitative estimate of drug-likeness (QED) is 0.542. The summed E-state index contributed by atoms with van der Waals surface area (Å²) in [5, 5.41) is 12.3. The summed E-state index contributed by atoms with van der Waals surface area (Å²) in [6.07, 6.45) is 0.305. The number of aryl methyl sites for hydroxylation is 1. The third kappa shape index (κ3) is 3.03. The first-order chi connectivity index (χ1) is 14.6. The highest BCUT2D eigenvalue weighted by Crippen LogP contribution is 2.41. The van der Waals surface area contributed by atoms with Gasteiger partial charge in [0.25, 0.3) is 5.91 Å². The molecule has 1 atom stereocenters. The molecule has 6 nitrogen and oxygen atoms in total. The van der Waals surface area contributed by atoms with Crippen molar-refractivity contribution in [2.45, 2.75) is 12.3 Å². The molecule has 4 aromatic rings. The highest BCUT2D eigenvalue weighted by Gasteiger charge is 2.33. The molecule has 0 saturated carbocycles. The second kappa shape index (κ2) is 7.15. The molecule has 148 valence electrons. The van der Waals surface area contributed by atoms with Gasteiger partial charge in [-0.3, -0.25) is 14.3 Å². The molecule has 1 aliphatic rings. The molecule has 2 N–H and O–H groups in total. The number of carbonyl (C=O) groups is 2. The number of rotatable bonds is 3. The third-order valence-electron chi connectivity index (χ3n) is 5.55. The predicted octanol–water partition coefficient (Wildman–Crippen LogP) is 4.30. The minimum Gasteiger partial charge on any atom is -0.311 e. The molecule has 0 aliphatic carbocycles. The van der Waals surface area contributed by atoms with Crippen LogP contribution in [0.4, 0.5) is 11.6 Å². The van der Waals surface area contributed by atoms with Crippen LogP contribution in [0.2, 0.25) is 0 Å². The van der Waals surface area contributed by atoms with Gasteiger partial charge >= 0.3 is 0 Å². The maximum Gasteiger partial charge on any atom is 0.257 e. The lowest BCUT2D eigenvalue weighted by Gasteiger charge is -2.24. The van der Waals surface area contributed by atoms with Crippen molar-refractivity contribution in [3.63, 3.8) is 0 Å². The molecule has 2 heterocycles. The highest BCUT2D eigenvalue weighted by atomic mass is 16.2. The van der Waals surface area contributed by atoms with Crippen LogP contribution in [0.5, 0.6) is 0 Å². The molecule has 1 aromatic heterocycles. The van der Waals surface area contributed by atoms with Gasteiger partial charge in [-0.05, 0) is 22.4 Å². The number of nitrogens with one attached hydrogen (secondary N) is 2. The van der Waals surface area contributed by atoms with Crippen molar-refractivity contribution >= 4 is 34.2 Å². The monoisotopic (exact) mass is 396 g/mol. The number of anilines is 2. The topological polar surface area (TPSA) is 76.0 Å². The van der Waals surface area contributed by atoms with Gasteiger partial charge in [-0.25, -0.2) is 0 Å². The van der Waals surface area contributed by atoms with Crippen LogP contribution in [0.15, 0.2) is 72.8 Å². The Morgan fingerprint density at radius 1 is 1.03 bits per heavy atom. The maximum absolute atomic E-state index is 13.2. The lowest BCUT2D eigenvalue weighted by Crippen LogP contribution is -2.25. The number of fused-ring (bicyclic) bond motifs is 2. The maximum atomic E-state index is 13.2. The Bertz CT molecular complexity index is 1270. The summed E-state index contributed by atoms with van der Waals surface area (Å²) in [4.78, 5) is 25.5. The molecule has 0 spiro atoms. The zero-order valence-electron chi connectivity index (χ0n) is 16.4. The van der Waals surface area contributed by atoms with Crippen LogP contribution < -0.4 is 10.6 Å². The first-order valence-electron chi connectivity index (χ1n) is 9.82. The average Bonchev–Trinajstić information content (AvgIpc) is 3.08. The lowest BCUT2D eigenvalue weighted by molar-refractivity contribution is -0.116.